The minimum atomic E-state index is 0.405. The van der Waals surface area contributed by atoms with E-state index in [2.05, 4.69) is 37.8 Å². The second-order valence-electron chi connectivity index (χ2n) is 3.62. The summed E-state index contributed by atoms with van der Waals surface area (Å²) in [6.45, 7) is 2.79. The molecule has 1 nitrogen and oxygen atoms in total. The molecular weight excluding hydrogens is 192 g/mol. The molecule has 1 aromatic carbocycles. The van der Waals surface area contributed by atoms with Crippen molar-refractivity contribution in [3.8, 4) is 0 Å². The minimum absolute atomic E-state index is 0.405. The second-order valence-corrected chi connectivity index (χ2v) is 4.28. The lowest BCUT2D eigenvalue weighted by atomic mass is 10.1. The normalized spacial score (nSPS) is 19.9. The molecule has 0 fully saturated rings. The van der Waals surface area contributed by atoms with Crippen molar-refractivity contribution < 1.29 is 4.74 Å². The van der Waals surface area contributed by atoms with Crippen LogP contribution in [0.1, 0.15) is 17.5 Å². The third kappa shape index (κ3) is 2.13. The van der Waals surface area contributed by atoms with Crippen molar-refractivity contribution in [3.63, 3.8) is 0 Å². The summed E-state index contributed by atoms with van der Waals surface area (Å²) in [6, 6.07) is 8.30. The molecule has 0 bridgehead atoms. The van der Waals surface area contributed by atoms with Crippen LogP contribution in [0.3, 0.4) is 0 Å². The summed E-state index contributed by atoms with van der Waals surface area (Å²) in [5.74, 6) is 1.08. The zero-order valence-electron chi connectivity index (χ0n) is 8.23. The number of hydrogen-bond donors (Lipinski definition) is 1. The van der Waals surface area contributed by atoms with E-state index in [4.69, 9.17) is 4.74 Å². The Morgan fingerprint density at radius 1 is 1.43 bits per heavy atom. The van der Waals surface area contributed by atoms with Gasteiger partial charge in [-0.1, -0.05) is 24.3 Å². The first-order chi connectivity index (χ1) is 6.75. The molecule has 0 N–H and O–H groups in total. The average Bonchev–Trinajstić information content (AvgIpc) is 2.13. The van der Waals surface area contributed by atoms with E-state index in [1.807, 2.05) is 12.1 Å². The zero-order chi connectivity index (χ0) is 9.97. The lowest BCUT2D eigenvalue weighted by Gasteiger charge is -2.21. The van der Waals surface area contributed by atoms with Gasteiger partial charge in [-0.25, -0.2) is 0 Å². The highest BCUT2D eigenvalue weighted by Gasteiger charge is 2.16. The minimum Gasteiger partial charge on any atom is -0.493 e. The van der Waals surface area contributed by atoms with Crippen LogP contribution in [-0.2, 0) is 11.3 Å². The van der Waals surface area contributed by atoms with Gasteiger partial charge in [0.1, 0.15) is 6.61 Å². The Bertz CT molecular complexity index is 357. The Kier molecular flexibility index (Phi) is 2.82. The quantitative estimate of drug-likeness (QED) is 0.748. The lowest BCUT2D eigenvalue weighted by Crippen LogP contribution is -2.12. The van der Waals surface area contributed by atoms with Crippen LogP contribution in [0.2, 0.25) is 0 Å². The molecular formula is C12H14OS. The largest absolute Gasteiger partial charge is 0.493 e. The molecule has 1 aliphatic rings. The smallest absolute Gasteiger partial charge is 0.113 e. The van der Waals surface area contributed by atoms with Crippen LogP contribution in [0, 0.1) is 6.92 Å². The highest BCUT2D eigenvalue weighted by molar-refractivity contribution is 7.81. The van der Waals surface area contributed by atoms with Crippen LogP contribution in [0.4, 0.5) is 0 Å². The molecule has 74 valence electrons. The molecule has 1 unspecified atom stereocenters. The van der Waals surface area contributed by atoms with Crippen LogP contribution < -0.4 is 0 Å². The topological polar surface area (TPSA) is 9.23 Å². The Morgan fingerprint density at radius 3 is 2.79 bits per heavy atom. The summed E-state index contributed by atoms with van der Waals surface area (Å²) < 4.78 is 5.63. The van der Waals surface area contributed by atoms with Crippen LogP contribution in [-0.4, -0.2) is 5.25 Å². The van der Waals surface area contributed by atoms with Gasteiger partial charge in [0, 0.05) is 11.7 Å². The van der Waals surface area contributed by atoms with E-state index in [-0.39, 0.29) is 0 Å². The molecule has 0 spiro atoms. The van der Waals surface area contributed by atoms with E-state index < -0.39 is 0 Å². The van der Waals surface area contributed by atoms with E-state index in [9.17, 15) is 0 Å². The third-order valence-corrected chi connectivity index (χ3v) is 2.79. The molecule has 2 heteroatoms. The third-order valence-electron chi connectivity index (χ3n) is 2.46. The predicted molar refractivity (Wildman–Crippen MR) is 61.4 cm³/mol. The number of thiol groups is 1. The van der Waals surface area contributed by atoms with Gasteiger partial charge >= 0.3 is 0 Å². The molecule has 14 heavy (non-hydrogen) atoms. The van der Waals surface area contributed by atoms with Crippen molar-refractivity contribution in [1.82, 2.24) is 0 Å². The molecule has 1 aromatic rings. The van der Waals surface area contributed by atoms with E-state index in [0.717, 1.165) is 12.2 Å². The van der Waals surface area contributed by atoms with Crippen LogP contribution in [0.25, 0.3) is 0 Å². The number of ether oxygens (including phenoxy) is 1. The second kappa shape index (κ2) is 4.09. The molecule has 0 saturated heterocycles. The van der Waals surface area contributed by atoms with E-state index in [0.29, 0.717) is 11.9 Å². The fourth-order valence-electron chi connectivity index (χ4n) is 1.44. The Hall–Kier alpha value is -0.890. The zero-order valence-corrected chi connectivity index (χ0v) is 9.13. The maximum Gasteiger partial charge on any atom is 0.113 e. The Labute approximate surface area is 90.2 Å². The monoisotopic (exact) mass is 206 g/mol. The standard InChI is InChI=1S/C12H14OS/c1-9-4-2-3-5-10(9)8-13-11-6-12(14)7-11/h2-6,12,14H,7-8H2,1H3. The molecule has 0 heterocycles. The molecule has 0 radical (unpaired) electrons. The van der Waals surface area contributed by atoms with Gasteiger partial charge in [0.15, 0.2) is 0 Å². The van der Waals surface area contributed by atoms with E-state index in [1.54, 1.807) is 0 Å². The number of rotatable bonds is 3. The van der Waals surface area contributed by atoms with Crippen molar-refractivity contribution >= 4 is 12.6 Å². The number of hydrogen-bond acceptors (Lipinski definition) is 2. The predicted octanol–water partition coefficient (Wildman–Crippen LogP) is 3.10. The van der Waals surface area contributed by atoms with Gasteiger partial charge in [0.05, 0.1) is 5.76 Å². The van der Waals surface area contributed by atoms with Gasteiger partial charge in [0.25, 0.3) is 0 Å². The molecule has 1 aliphatic carbocycles. The highest BCUT2D eigenvalue weighted by atomic mass is 32.1. The summed E-state index contributed by atoms with van der Waals surface area (Å²) >= 11 is 4.29. The fourth-order valence-corrected chi connectivity index (χ4v) is 1.78. The molecule has 0 aliphatic heterocycles. The van der Waals surface area contributed by atoms with Crippen molar-refractivity contribution in [2.24, 2.45) is 0 Å². The van der Waals surface area contributed by atoms with Crippen molar-refractivity contribution in [3.05, 3.63) is 47.2 Å². The van der Waals surface area contributed by atoms with Crippen LogP contribution in [0.5, 0.6) is 0 Å². The first kappa shape index (κ1) is 9.66. The maximum absolute atomic E-state index is 5.63. The molecule has 0 aromatic heterocycles. The molecule has 2 rings (SSSR count). The SMILES string of the molecule is Cc1ccccc1COC1=CC(S)C1. The van der Waals surface area contributed by atoms with Gasteiger partial charge < -0.3 is 4.74 Å². The van der Waals surface area contributed by atoms with Crippen LogP contribution >= 0.6 is 12.6 Å². The summed E-state index contributed by atoms with van der Waals surface area (Å²) in [4.78, 5) is 0. The summed E-state index contributed by atoms with van der Waals surface area (Å²) in [5.41, 5.74) is 2.55. The van der Waals surface area contributed by atoms with E-state index in [1.165, 1.54) is 11.1 Å². The van der Waals surface area contributed by atoms with E-state index >= 15 is 0 Å². The molecule has 0 amide bonds. The molecule has 0 saturated carbocycles. The van der Waals surface area contributed by atoms with Gasteiger partial charge in [-0.05, 0) is 24.1 Å². The fraction of sp³-hybridized carbons (Fsp3) is 0.333. The average molecular weight is 206 g/mol. The number of aryl methyl sites for hydroxylation is 1. The van der Waals surface area contributed by atoms with Gasteiger partial charge in [-0.2, -0.15) is 12.6 Å². The maximum atomic E-state index is 5.63. The first-order valence-corrected chi connectivity index (χ1v) is 5.33. The summed E-state index contributed by atoms with van der Waals surface area (Å²) in [6.07, 6.45) is 3.02. The van der Waals surface area contributed by atoms with Gasteiger partial charge in [-0.15, -0.1) is 0 Å². The number of allylic oxidation sites excluding steroid dienone is 1. The van der Waals surface area contributed by atoms with Crippen molar-refractivity contribution in [2.45, 2.75) is 25.2 Å². The molecule has 1 atom stereocenters. The van der Waals surface area contributed by atoms with Gasteiger partial charge in [-0.3, -0.25) is 0 Å². The first-order valence-electron chi connectivity index (χ1n) is 4.82. The van der Waals surface area contributed by atoms with Crippen LogP contribution in [0.15, 0.2) is 36.1 Å². The van der Waals surface area contributed by atoms with Gasteiger partial charge in [0.2, 0.25) is 0 Å². The van der Waals surface area contributed by atoms with Crippen molar-refractivity contribution in [2.75, 3.05) is 0 Å². The van der Waals surface area contributed by atoms with Crippen molar-refractivity contribution in [1.29, 1.82) is 0 Å². The Morgan fingerprint density at radius 2 is 2.14 bits per heavy atom. The number of benzene rings is 1. The Balaban J connectivity index is 1.92. The summed E-state index contributed by atoms with van der Waals surface area (Å²) in [7, 11) is 0. The lowest BCUT2D eigenvalue weighted by molar-refractivity contribution is 0.178. The summed E-state index contributed by atoms with van der Waals surface area (Å²) in [5, 5.41) is 0.405. The highest BCUT2D eigenvalue weighted by Crippen LogP contribution is 2.25.